The smallest absolute Gasteiger partial charge is 0.135 e. The number of nitriles is 1. The molecule has 0 N–H and O–H groups in total. The summed E-state index contributed by atoms with van der Waals surface area (Å²) in [6.45, 7) is 0. The molecule has 0 fully saturated rings. The van der Waals surface area contributed by atoms with Crippen molar-refractivity contribution in [2.45, 2.75) is 0 Å². The molecule has 0 unspecified atom stereocenters. The minimum atomic E-state index is 0.654. The highest BCUT2D eigenvalue weighted by Crippen LogP contribution is 2.48. The van der Waals surface area contributed by atoms with Gasteiger partial charge in [0, 0.05) is 37.0 Å². The second-order valence-corrected chi connectivity index (χ2v) is 13.0. The molecule has 0 aliphatic rings. The zero-order chi connectivity index (χ0) is 31.1. The molecular formula is C43H24N2OS. The second-order valence-electron chi connectivity index (χ2n) is 12.0. The Morgan fingerprint density at radius 3 is 2.15 bits per heavy atom. The Balaban J connectivity index is 1.32. The lowest BCUT2D eigenvalue weighted by molar-refractivity contribution is 0.669. The van der Waals surface area contributed by atoms with Crippen molar-refractivity contribution in [1.82, 2.24) is 4.57 Å². The van der Waals surface area contributed by atoms with Crippen molar-refractivity contribution in [3.05, 3.63) is 151 Å². The summed E-state index contributed by atoms with van der Waals surface area (Å²) >= 11 is 1.85. The maximum absolute atomic E-state index is 9.83. The number of hydrogen-bond acceptors (Lipinski definition) is 3. The van der Waals surface area contributed by atoms with E-state index in [0.29, 0.717) is 5.56 Å². The van der Waals surface area contributed by atoms with Crippen LogP contribution < -0.4 is 0 Å². The third-order valence-corrected chi connectivity index (χ3v) is 10.7. The first-order chi connectivity index (χ1) is 23.3. The molecule has 0 saturated heterocycles. The van der Waals surface area contributed by atoms with Gasteiger partial charge < -0.3 is 8.98 Å². The molecule has 3 aromatic heterocycles. The van der Waals surface area contributed by atoms with Gasteiger partial charge in [0.05, 0.1) is 33.1 Å². The number of thiophene rings is 1. The van der Waals surface area contributed by atoms with E-state index in [4.69, 9.17) is 4.42 Å². The van der Waals surface area contributed by atoms with Gasteiger partial charge in [-0.1, -0.05) is 103 Å². The van der Waals surface area contributed by atoms with Crippen LogP contribution in [0.4, 0.5) is 0 Å². The van der Waals surface area contributed by atoms with Gasteiger partial charge in [-0.15, -0.1) is 11.3 Å². The van der Waals surface area contributed by atoms with Crippen molar-refractivity contribution in [3.8, 4) is 34.0 Å². The van der Waals surface area contributed by atoms with Crippen molar-refractivity contribution in [1.29, 1.82) is 5.26 Å². The van der Waals surface area contributed by atoms with Crippen LogP contribution >= 0.6 is 11.3 Å². The van der Waals surface area contributed by atoms with E-state index in [-0.39, 0.29) is 0 Å². The maximum Gasteiger partial charge on any atom is 0.135 e. The van der Waals surface area contributed by atoms with Gasteiger partial charge in [-0.05, 0) is 64.7 Å². The van der Waals surface area contributed by atoms with Crippen molar-refractivity contribution in [2.75, 3.05) is 0 Å². The van der Waals surface area contributed by atoms with Crippen molar-refractivity contribution < 1.29 is 4.42 Å². The minimum Gasteiger partial charge on any atom is -0.456 e. The highest BCUT2D eigenvalue weighted by molar-refractivity contribution is 7.27. The van der Waals surface area contributed by atoms with Crippen LogP contribution in [0.2, 0.25) is 0 Å². The third kappa shape index (κ3) is 3.78. The average Bonchev–Trinajstić information content (AvgIpc) is 3.81. The predicted molar refractivity (Wildman–Crippen MR) is 197 cm³/mol. The Kier molecular flexibility index (Phi) is 5.51. The van der Waals surface area contributed by atoms with E-state index in [1.807, 2.05) is 35.6 Å². The molecule has 0 atom stereocenters. The van der Waals surface area contributed by atoms with E-state index >= 15 is 0 Å². The number of aromatic nitrogens is 1. The molecule has 10 aromatic rings. The van der Waals surface area contributed by atoms with Crippen molar-refractivity contribution in [3.63, 3.8) is 0 Å². The topological polar surface area (TPSA) is 41.9 Å². The van der Waals surface area contributed by atoms with Crippen LogP contribution in [0.5, 0.6) is 0 Å². The fourth-order valence-electron chi connectivity index (χ4n) is 7.34. The number of para-hydroxylation sites is 2. The summed E-state index contributed by atoms with van der Waals surface area (Å²) in [5.41, 5.74) is 10.5. The highest BCUT2D eigenvalue weighted by Gasteiger charge is 2.21. The van der Waals surface area contributed by atoms with Gasteiger partial charge in [0.15, 0.2) is 0 Å². The molecule has 0 spiro atoms. The Labute approximate surface area is 273 Å². The zero-order valence-corrected chi connectivity index (χ0v) is 25.9. The number of fused-ring (bicyclic) bond motifs is 9. The monoisotopic (exact) mass is 616 g/mol. The number of nitrogens with zero attached hydrogens (tertiary/aromatic N) is 2. The van der Waals surface area contributed by atoms with E-state index in [0.717, 1.165) is 49.6 Å². The molecule has 10 rings (SSSR count). The largest absolute Gasteiger partial charge is 0.456 e. The molecule has 0 saturated carbocycles. The summed E-state index contributed by atoms with van der Waals surface area (Å²) in [4.78, 5) is 0. The third-order valence-electron chi connectivity index (χ3n) is 9.44. The van der Waals surface area contributed by atoms with Crippen LogP contribution in [-0.2, 0) is 0 Å². The molecule has 0 bridgehead atoms. The standard InChI is InChI=1S/C43H24N2OS/c44-25-26-17-19-32-31-11-4-6-14-36(31)45(38(32)23-26)37-15-8-13-34-41-29(20-21-30(43(41)47-42(34)37)27-9-2-1-3-10-27)28-18-22-40-35(24-28)33-12-5-7-16-39(33)46-40/h1-24H. The van der Waals surface area contributed by atoms with Gasteiger partial charge in [0.2, 0.25) is 0 Å². The van der Waals surface area contributed by atoms with Crippen LogP contribution in [0.15, 0.2) is 150 Å². The van der Waals surface area contributed by atoms with Crippen LogP contribution in [0, 0.1) is 11.3 Å². The summed E-state index contributed by atoms with van der Waals surface area (Å²) in [5.74, 6) is 0. The SMILES string of the molecule is N#Cc1ccc2c3ccccc3n(-c3cccc4c3sc3c(-c5ccccc5)ccc(-c5ccc6oc7ccccc7c6c5)c34)c2c1. The van der Waals surface area contributed by atoms with E-state index < -0.39 is 0 Å². The van der Waals surface area contributed by atoms with E-state index in [2.05, 4.69) is 132 Å². The maximum atomic E-state index is 9.83. The van der Waals surface area contributed by atoms with Gasteiger partial charge >= 0.3 is 0 Å². The van der Waals surface area contributed by atoms with Crippen molar-refractivity contribution in [2.24, 2.45) is 0 Å². The number of benzene rings is 7. The summed E-state index contributed by atoms with van der Waals surface area (Å²) in [5, 5.41) is 16.9. The molecule has 0 aliphatic carbocycles. The lowest BCUT2D eigenvalue weighted by Gasteiger charge is -2.11. The molecule has 47 heavy (non-hydrogen) atoms. The summed E-state index contributed by atoms with van der Waals surface area (Å²) in [7, 11) is 0. The lowest BCUT2D eigenvalue weighted by Crippen LogP contribution is -1.94. The summed E-state index contributed by atoms with van der Waals surface area (Å²) < 4.78 is 11.0. The molecule has 0 radical (unpaired) electrons. The van der Waals surface area contributed by atoms with Crippen molar-refractivity contribution >= 4 is 75.3 Å². The van der Waals surface area contributed by atoms with Crippen LogP contribution in [-0.4, -0.2) is 4.57 Å². The molecule has 3 heterocycles. The normalized spacial score (nSPS) is 11.8. The van der Waals surface area contributed by atoms with E-state index in [1.54, 1.807) is 0 Å². The van der Waals surface area contributed by atoms with Crippen LogP contribution in [0.3, 0.4) is 0 Å². The Morgan fingerprint density at radius 2 is 1.26 bits per heavy atom. The van der Waals surface area contributed by atoms with Crippen LogP contribution in [0.25, 0.3) is 91.9 Å². The number of furan rings is 1. The first kappa shape index (κ1) is 26.1. The van der Waals surface area contributed by atoms with Crippen LogP contribution in [0.1, 0.15) is 5.56 Å². The molecule has 0 aliphatic heterocycles. The average molecular weight is 617 g/mol. The minimum absolute atomic E-state index is 0.654. The molecular weight excluding hydrogens is 593 g/mol. The quantitative estimate of drug-likeness (QED) is 0.198. The second kappa shape index (κ2) is 9.92. The highest BCUT2D eigenvalue weighted by atomic mass is 32.1. The summed E-state index contributed by atoms with van der Waals surface area (Å²) in [6.07, 6.45) is 0. The molecule has 0 amide bonds. The fraction of sp³-hybridized carbons (Fsp3) is 0. The molecule has 3 nitrogen and oxygen atoms in total. The summed E-state index contributed by atoms with van der Waals surface area (Å²) in [6, 6.07) is 53.6. The van der Waals surface area contributed by atoms with E-state index in [1.165, 1.54) is 42.2 Å². The lowest BCUT2D eigenvalue weighted by atomic mass is 9.94. The van der Waals surface area contributed by atoms with Gasteiger partial charge in [-0.3, -0.25) is 0 Å². The Bertz CT molecular complexity index is 2920. The number of rotatable bonds is 3. The molecule has 218 valence electrons. The van der Waals surface area contributed by atoms with Gasteiger partial charge in [-0.25, -0.2) is 0 Å². The first-order valence-corrected chi connectivity index (χ1v) is 16.5. The van der Waals surface area contributed by atoms with Gasteiger partial charge in [0.25, 0.3) is 0 Å². The van der Waals surface area contributed by atoms with Gasteiger partial charge in [-0.2, -0.15) is 5.26 Å². The molecule has 7 aromatic carbocycles. The Morgan fingerprint density at radius 1 is 0.511 bits per heavy atom. The predicted octanol–water partition coefficient (Wildman–Crippen LogP) is 12.3. The molecule has 4 heteroatoms. The van der Waals surface area contributed by atoms with Gasteiger partial charge in [0.1, 0.15) is 11.2 Å². The first-order valence-electron chi connectivity index (χ1n) is 15.7. The van der Waals surface area contributed by atoms with E-state index in [9.17, 15) is 5.26 Å². The zero-order valence-electron chi connectivity index (χ0n) is 25.1. The fourth-order valence-corrected chi connectivity index (χ4v) is 8.71. The number of hydrogen-bond donors (Lipinski definition) is 0. The Hall–Kier alpha value is -6.15.